The maximum atomic E-state index is 6.07. The third-order valence-corrected chi connectivity index (χ3v) is 2.88. The highest BCUT2D eigenvalue weighted by Crippen LogP contribution is 2.23. The van der Waals surface area contributed by atoms with Gasteiger partial charge in [0.15, 0.2) is 0 Å². The number of nitrogens with zero attached hydrogens (tertiary/aromatic N) is 1. The molecule has 0 spiro atoms. The minimum atomic E-state index is 0.381. The average molecular weight is 279 g/mol. The Kier molecular flexibility index (Phi) is 4.60. The molecule has 19 heavy (non-hydrogen) atoms. The van der Waals surface area contributed by atoms with Gasteiger partial charge in [-0.2, -0.15) is 0 Å². The van der Waals surface area contributed by atoms with Gasteiger partial charge in [-0.25, -0.2) is 4.98 Å². The maximum Gasteiger partial charge on any atom is 0.232 e. The molecule has 0 radical (unpaired) electrons. The Morgan fingerprint density at radius 3 is 2.79 bits per heavy atom. The molecule has 100 valence electrons. The van der Waals surface area contributed by atoms with Crippen molar-refractivity contribution >= 4 is 11.6 Å². The van der Waals surface area contributed by atoms with Crippen LogP contribution < -0.4 is 15.2 Å². The van der Waals surface area contributed by atoms with E-state index in [0.717, 1.165) is 16.9 Å². The summed E-state index contributed by atoms with van der Waals surface area (Å²) in [5.74, 6) is 1.19. The lowest BCUT2D eigenvalue weighted by atomic mass is 10.2. The fourth-order valence-corrected chi connectivity index (χ4v) is 1.84. The lowest BCUT2D eigenvalue weighted by Gasteiger charge is -2.08. The molecule has 0 bridgehead atoms. The van der Waals surface area contributed by atoms with Gasteiger partial charge >= 0.3 is 0 Å². The van der Waals surface area contributed by atoms with Crippen LogP contribution in [0, 0.1) is 0 Å². The smallest absolute Gasteiger partial charge is 0.232 e. The lowest BCUT2D eigenvalue weighted by molar-refractivity contribution is 0.293. The second-order valence-corrected chi connectivity index (χ2v) is 4.38. The van der Waals surface area contributed by atoms with Crippen LogP contribution in [-0.2, 0) is 13.2 Å². The number of hydrogen-bond acceptors (Lipinski definition) is 4. The van der Waals surface area contributed by atoms with Crippen LogP contribution in [0.25, 0.3) is 0 Å². The summed E-state index contributed by atoms with van der Waals surface area (Å²) in [5.41, 5.74) is 7.37. The molecule has 0 atom stereocenters. The molecule has 0 aliphatic carbocycles. The van der Waals surface area contributed by atoms with Crippen molar-refractivity contribution in [3.8, 4) is 11.6 Å². The van der Waals surface area contributed by atoms with E-state index in [4.69, 9.17) is 26.8 Å². The summed E-state index contributed by atoms with van der Waals surface area (Å²) in [6, 6.07) is 9.40. The highest BCUT2D eigenvalue weighted by Gasteiger charge is 2.05. The first-order valence-corrected chi connectivity index (χ1v) is 6.21. The molecule has 0 aliphatic heterocycles. The minimum Gasteiger partial charge on any atom is -0.497 e. The van der Waals surface area contributed by atoms with Crippen molar-refractivity contribution in [2.24, 2.45) is 5.73 Å². The molecule has 0 amide bonds. The third-order valence-electron chi connectivity index (χ3n) is 2.61. The zero-order valence-electron chi connectivity index (χ0n) is 10.6. The van der Waals surface area contributed by atoms with Gasteiger partial charge in [-0.05, 0) is 29.3 Å². The Morgan fingerprint density at radius 1 is 1.26 bits per heavy atom. The molecule has 0 aliphatic rings. The molecular formula is C14H15ClN2O2. The molecule has 2 aromatic rings. The van der Waals surface area contributed by atoms with Crippen molar-refractivity contribution in [3.05, 3.63) is 52.7 Å². The number of pyridine rings is 1. The van der Waals surface area contributed by atoms with Crippen molar-refractivity contribution in [3.63, 3.8) is 0 Å². The summed E-state index contributed by atoms with van der Waals surface area (Å²) in [4.78, 5) is 4.14. The monoisotopic (exact) mass is 278 g/mol. The topological polar surface area (TPSA) is 57.4 Å². The molecule has 1 aromatic heterocycles. The first kappa shape index (κ1) is 13.6. The van der Waals surface area contributed by atoms with Crippen LogP contribution in [-0.4, -0.2) is 12.1 Å². The molecule has 0 fully saturated rings. The van der Waals surface area contributed by atoms with E-state index >= 15 is 0 Å². The van der Waals surface area contributed by atoms with Crippen molar-refractivity contribution in [2.45, 2.75) is 13.2 Å². The zero-order chi connectivity index (χ0) is 13.7. The summed E-state index contributed by atoms with van der Waals surface area (Å²) >= 11 is 6.07. The average Bonchev–Trinajstić information content (AvgIpc) is 2.46. The standard InChI is InChI=1S/C14H15ClN2O2/c1-18-12-4-2-3-10(5-12)9-19-14-13(15)6-11(7-16)8-17-14/h2-6,8H,7,9,16H2,1H3. The van der Waals surface area contributed by atoms with E-state index in [1.165, 1.54) is 0 Å². The Bertz CT molecular complexity index is 561. The molecule has 4 nitrogen and oxygen atoms in total. The van der Waals surface area contributed by atoms with Crippen LogP contribution in [0.5, 0.6) is 11.6 Å². The Morgan fingerprint density at radius 2 is 2.11 bits per heavy atom. The van der Waals surface area contributed by atoms with E-state index in [2.05, 4.69) is 4.98 Å². The number of methoxy groups -OCH3 is 1. The predicted octanol–water partition coefficient (Wildman–Crippen LogP) is 2.78. The van der Waals surface area contributed by atoms with Crippen molar-refractivity contribution < 1.29 is 9.47 Å². The normalized spacial score (nSPS) is 10.3. The van der Waals surface area contributed by atoms with E-state index in [-0.39, 0.29) is 0 Å². The molecule has 5 heteroatoms. The summed E-state index contributed by atoms with van der Waals surface area (Å²) in [5, 5.41) is 0.464. The minimum absolute atomic E-state index is 0.381. The highest BCUT2D eigenvalue weighted by molar-refractivity contribution is 6.31. The maximum absolute atomic E-state index is 6.07. The van der Waals surface area contributed by atoms with Gasteiger partial charge < -0.3 is 15.2 Å². The van der Waals surface area contributed by atoms with Crippen molar-refractivity contribution in [2.75, 3.05) is 7.11 Å². The molecular weight excluding hydrogens is 264 g/mol. The van der Waals surface area contributed by atoms with Gasteiger partial charge in [-0.1, -0.05) is 23.7 Å². The van der Waals surface area contributed by atoms with Crippen LogP contribution in [0.1, 0.15) is 11.1 Å². The van der Waals surface area contributed by atoms with E-state index in [0.29, 0.717) is 24.1 Å². The van der Waals surface area contributed by atoms with Crippen LogP contribution in [0.4, 0.5) is 0 Å². The first-order chi connectivity index (χ1) is 9.22. The zero-order valence-corrected chi connectivity index (χ0v) is 11.4. The SMILES string of the molecule is COc1cccc(COc2ncc(CN)cc2Cl)c1. The number of hydrogen-bond donors (Lipinski definition) is 1. The Labute approximate surface area is 117 Å². The molecule has 0 saturated carbocycles. The largest absolute Gasteiger partial charge is 0.497 e. The predicted molar refractivity (Wildman–Crippen MR) is 74.5 cm³/mol. The summed E-state index contributed by atoms with van der Waals surface area (Å²) in [6.45, 7) is 0.786. The fraction of sp³-hybridized carbons (Fsp3) is 0.214. The molecule has 1 heterocycles. The van der Waals surface area contributed by atoms with Crippen LogP contribution >= 0.6 is 11.6 Å². The number of aromatic nitrogens is 1. The quantitative estimate of drug-likeness (QED) is 0.914. The Hall–Kier alpha value is -1.78. The number of ether oxygens (including phenoxy) is 2. The van der Waals surface area contributed by atoms with Gasteiger partial charge in [0.25, 0.3) is 0 Å². The molecule has 2 N–H and O–H groups in total. The highest BCUT2D eigenvalue weighted by atomic mass is 35.5. The molecule has 1 aromatic carbocycles. The van der Waals surface area contributed by atoms with E-state index < -0.39 is 0 Å². The lowest BCUT2D eigenvalue weighted by Crippen LogP contribution is -2.01. The number of halogens is 1. The van der Waals surface area contributed by atoms with Crippen LogP contribution in [0.3, 0.4) is 0 Å². The van der Waals surface area contributed by atoms with E-state index in [1.54, 1.807) is 19.4 Å². The second-order valence-electron chi connectivity index (χ2n) is 3.97. The van der Waals surface area contributed by atoms with E-state index in [9.17, 15) is 0 Å². The van der Waals surface area contributed by atoms with Gasteiger partial charge in [0.05, 0.1) is 7.11 Å². The van der Waals surface area contributed by atoms with E-state index in [1.807, 2.05) is 24.3 Å². The molecule has 0 saturated heterocycles. The van der Waals surface area contributed by atoms with Gasteiger partial charge in [0.2, 0.25) is 5.88 Å². The van der Waals surface area contributed by atoms with Gasteiger partial charge in [0.1, 0.15) is 17.4 Å². The van der Waals surface area contributed by atoms with Gasteiger partial charge in [-0.15, -0.1) is 0 Å². The third kappa shape index (κ3) is 3.59. The fourth-order valence-electron chi connectivity index (χ4n) is 1.60. The van der Waals surface area contributed by atoms with Gasteiger partial charge in [-0.3, -0.25) is 0 Å². The van der Waals surface area contributed by atoms with Crippen LogP contribution in [0.15, 0.2) is 36.5 Å². The molecule has 2 rings (SSSR count). The summed E-state index contributed by atoms with van der Waals surface area (Å²) < 4.78 is 10.7. The number of benzene rings is 1. The number of nitrogens with two attached hydrogens (primary N) is 1. The second kappa shape index (κ2) is 6.41. The first-order valence-electron chi connectivity index (χ1n) is 5.83. The molecule has 0 unspecified atom stereocenters. The van der Waals surface area contributed by atoms with Gasteiger partial charge in [0, 0.05) is 12.7 Å². The number of rotatable bonds is 5. The summed E-state index contributed by atoms with van der Waals surface area (Å²) in [6.07, 6.45) is 1.66. The summed E-state index contributed by atoms with van der Waals surface area (Å²) in [7, 11) is 1.63. The Balaban J connectivity index is 2.05. The van der Waals surface area contributed by atoms with Crippen molar-refractivity contribution in [1.82, 2.24) is 4.98 Å². The van der Waals surface area contributed by atoms with Crippen LogP contribution in [0.2, 0.25) is 5.02 Å². The van der Waals surface area contributed by atoms with Crippen molar-refractivity contribution in [1.29, 1.82) is 0 Å².